The Morgan fingerprint density at radius 2 is 1.84 bits per heavy atom. The van der Waals surface area contributed by atoms with E-state index in [-0.39, 0.29) is 28.6 Å². The molecule has 6 heteroatoms. The molecule has 1 aromatic carbocycles. The van der Waals surface area contributed by atoms with E-state index in [0.717, 1.165) is 0 Å². The Kier molecular flexibility index (Phi) is 5.20. The van der Waals surface area contributed by atoms with Crippen molar-refractivity contribution in [1.82, 2.24) is 5.32 Å². The summed E-state index contributed by atoms with van der Waals surface area (Å²) in [5.74, 6) is -0.983. The molecule has 1 rings (SSSR count). The molecule has 0 saturated carbocycles. The number of halogens is 2. The fourth-order valence-electron chi connectivity index (χ4n) is 1.29. The van der Waals surface area contributed by atoms with Crippen LogP contribution in [0.15, 0.2) is 18.2 Å². The number of hydrogen-bond acceptors (Lipinski definition) is 3. The molecule has 104 valence electrons. The molecule has 1 N–H and O–H groups in total. The quantitative estimate of drug-likeness (QED) is 0.873. The fourth-order valence-corrected chi connectivity index (χ4v) is 1.59. The maximum absolute atomic E-state index is 11.7. The van der Waals surface area contributed by atoms with E-state index in [2.05, 4.69) is 5.32 Å². The molecule has 0 saturated heterocycles. The Hall–Kier alpha value is -1.26. The van der Waals surface area contributed by atoms with Gasteiger partial charge in [-0.15, -0.1) is 0 Å². The zero-order valence-corrected chi connectivity index (χ0v) is 12.4. The molecule has 0 aliphatic rings. The summed E-state index contributed by atoms with van der Waals surface area (Å²) in [6, 6.07) is 4.38. The molecule has 1 aromatic rings. The van der Waals surface area contributed by atoms with Crippen molar-refractivity contribution in [2.75, 3.05) is 6.61 Å². The summed E-state index contributed by atoms with van der Waals surface area (Å²) in [5.41, 5.74) is -0.120. The maximum Gasteiger partial charge on any atom is 0.338 e. The smallest absolute Gasteiger partial charge is 0.338 e. The minimum absolute atomic E-state index is 0.248. The first-order valence-corrected chi connectivity index (χ1v) is 6.38. The second-order valence-corrected chi connectivity index (χ2v) is 5.82. The second kappa shape index (κ2) is 6.26. The van der Waals surface area contributed by atoms with E-state index in [4.69, 9.17) is 27.9 Å². The Bertz CT molecular complexity index is 495. The van der Waals surface area contributed by atoms with Crippen LogP contribution in [0.4, 0.5) is 0 Å². The first-order valence-electron chi connectivity index (χ1n) is 5.62. The lowest BCUT2D eigenvalue weighted by atomic mass is 10.1. The lowest BCUT2D eigenvalue weighted by molar-refractivity contribution is -0.125. The van der Waals surface area contributed by atoms with Crippen LogP contribution >= 0.6 is 23.2 Å². The molecule has 0 bridgehead atoms. The van der Waals surface area contributed by atoms with Gasteiger partial charge < -0.3 is 10.1 Å². The minimum atomic E-state index is -0.623. The number of hydrogen-bond donors (Lipinski definition) is 1. The van der Waals surface area contributed by atoms with E-state index in [1.807, 2.05) is 20.8 Å². The molecule has 0 aromatic heterocycles. The highest BCUT2D eigenvalue weighted by Crippen LogP contribution is 2.22. The second-order valence-electron chi connectivity index (χ2n) is 5.00. The van der Waals surface area contributed by atoms with Crippen molar-refractivity contribution >= 4 is 35.1 Å². The van der Waals surface area contributed by atoms with Crippen LogP contribution in [-0.4, -0.2) is 24.0 Å². The van der Waals surface area contributed by atoms with Crippen LogP contribution in [-0.2, 0) is 9.53 Å². The number of carbonyl (C=O) groups is 2. The van der Waals surface area contributed by atoms with Gasteiger partial charge in [0.15, 0.2) is 6.61 Å². The van der Waals surface area contributed by atoms with Crippen LogP contribution in [0.2, 0.25) is 10.0 Å². The van der Waals surface area contributed by atoms with Crippen LogP contribution in [0.1, 0.15) is 31.1 Å². The van der Waals surface area contributed by atoms with Gasteiger partial charge >= 0.3 is 5.97 Å². The number of amides is 1. The van der Waals surface area contributed by atoms with Crippen LogP contribution in [0, 0.1) is 0 Å². The van der Waals surface area contributed by atoms with Gasteiger partial charge in [-0.1, -0.05) is 23.2 Å². The number of rotatable bonds is 3. The predicted octanol–water partition coefficient (Wildman–Crippen LogP) is 3.06. The summed E-state index contributed by atoms with van der Waals surface area (Å²) in [7, 11) is 0. The zero-order chi connectivity index (χ0) is 14.6. The third-order valence-corrected chi connectivity index (χ3v) is 2.74. The van der Waals surface area contributed by atoms with Crippen LogP contribution < -0.4 is 5.32 Å². The highest BCUT2D eigenvalue weighted by Gasteiger charge is 2.16. The molecule has 0 aliphatic carbocycles. The normalized spacial score (nSPS) is 11.0. The van der Waals surface area contributed by atoms with E-state index in [1.54, 1.807) is 0 Å². The van der Waals surface area contributed by atoms with Crippen molar-refractivity contribution in [3.63, 3.8) is 0 Å². The summed E-state index contributed by atoms with van der Waals surface area (Å²) in [4.78, 5) is 23.2. The van der Waals surface area contributed by atoms with Gasteiger partial charge in [0.1, 0.15) is 0 Å². The van der Waals surface area contributed by atoms with Gasteiger partial charge in [-0.2, -0.15) is 0 Å². The molecule has 0 radical (unpaired) electrons. The van der Waals surface area contributed by atoms with Crippen molar-refractivity contribution in [2.24, 2.45) is 0 Å². The van der Waals surface area contributed by atoms with Crippen molar-refractivity contribution < 1.29 is 14.3 Å². The van der Waals surface area contributed by atoms with E-state index in [1.165, 1.54) is 18.2 Å². The van der Waals surface area contributed by atoms with Crippen LogP contribution in [0.3, 0.4) is 0 Å². The molecule has 19 heavy (non-hydrogen) atoms. The van der Waals surface area contributed by atoms with E-state index in [9.17, 15) is 9.59 Å². The largest absolute Gasteiger partial charge is 0.452 e. The summed E-state index contributed by atoms with van der Waals surface area (Å²) < 4.78 is 4.88. The van der Waals surface area contributed by atoms with Gasteiger partial charge in [-0.25, -0.2) is 4.79 Å². The SMILES string of the molecule is CC(C)(C)NC(=O)COC(=O)c1ccc(Cl)c(Cl)c1. The average molecular weight is 304 g/mol. The van der Waals surface area contributed by atoms with E-state index >= 15 is 0 Å². The predicted molar refractivity (Wildman–Crippen MR) is 74.6 cm³/mol. The monoisotopic (exact) mass is 303 g/mol. The van der Waals surface area contributed by atoms with Crippen molar-refractivity contribution in [3.05, 3.63) is 33.8 Å². The van der Waals surface area contributed by atoms with Gasteiger partial charge in [0.25, 0.3) is 5.91 Å². The van der Waals surface area contributed by atoms with Crippen molar-refractivity contribution in [1.29, 1.82) is 0 Å². The van der Waals surface area contributed by atoms with E-state index < -0.39 is 5.97 Å². The van der Waals surface area contributed by atoms with Crippen LogP contribution in [0.5, 0.6) is 0 Å². The number of ether oxygens (including phenoxy) is 1. The Morgan fingerprint density at radius 3 is 2.37 bits per heavy atom. The topological polar surface area (TPSA) is 55.4 Å². The summed E-state index contributed by atoms with van der Waals surface area (Å²) >= 11 is 11.5. The maximum atomic E-state index is 11.7. The lowest BCUT2D eigenvalue weighted by Gasteiger charge is -2.20. The average Bonchev–Trinajstić information content (AvgIpc) is 2.27. The summed E-state index contributed by atoms with van der Waals surface area (Å²) in [6.45, 7) is 5.18. The molecule has 0 unspecified atom stereocenters. The zero-order valence-electron chi connectivity index (χ0n) is 10.9. The highest BCUT2D eigenvalue weighted by atomic mass is 35.5. The number of benzene rings is 1. The summed E-state index contributed by atoms with van der Waals surface area (Å²) in [6.07, 6.45) is 0. The Labute approximate surface area is 122 Å². The first-order chi connectivity index (χ1) is 8.69. The van der Waals surface area contributed by atoms with Crippen LogP contribution in [0.25, 0.3) is 0 Å². The third kappa shape index (κ3) is 5.49. The summed E-state index contributed by atoms with van der Waals surface area (Å²) in [5, 5.41) is 3.29. The first kappa shape index (κ1) is 15.8. The minimum Gasteiger partial charge on any atom is -0.452 e. The molecule has 0 aliphatic heterocycles. The van der Waals surface area contributed by atoms with Gasteiger partial charge in [0.05, 0.1) is 15.6 Å². The number of esters is 1. The fraction of sp³-hybridized carbons (Fsp3) is 0.385. The molecule has 0 atom stereocenters. The molecule has 0 fully saturated rings. The molecule has 1 amide bonds. The van der Waals surface area contributed by atoms with Crippen molar-refractivity contribution in [3.8, 4) is 0 Å². The lowest BCUT2D eigenvalue weighted by Crippen LogP contribution is -2.42. The van der Waals surface area contributed by atoms with Gasteiger partial charge in [0, 0.05) is 5.54 Å². The van der Waals surface area contributed by atoms with Gasteiger partial charge in [0.2, 0.25) is 0 Å². The molecule has 0 heterocycles. The third-order valence-electron chi connectivity index (χ3n) is 2.00. The van der Waals surface area contributed by atoms with Crippen molar-refractivity contribution in [2.45, 2.75) is 26.3 Å². The molecule has 0 spiro atoms. The Balaban J connectivity index is 2.56. The highest BCUT2D eigenvalue weighted by molar-refractivity contribution is 6.42. The molecule has 4 nitrogen and oxygen atoms in total. The van der Waals surface area contributed by atoms with E-state index in [0.29, 0.717) is 5.02 Å². The standard InChI is InChI=1S/C13H15Cl2NO3/c1-13(2,3)16-11(17)7-19-12(18)8-4-5-9(14)10(15)6-8/h4-6H,7H2,1-3H3,(H,16,17). The van der Waals surface area contributed by atoms with Gasteiger partial charge in [-0.05, 0) is 39.0 Å². The molecular weight excluding hydrogens is 289 g/mol. The van der Waals surface area contributed by atoms with Gasteiger partial charge in [-0.3, -0.25) is 4.79 Å². The number of carbonyl (C=O) groups excluding carboxylic acids is 2. The molecular formula is C13H15Cl2NO3. The Morgan fingerprint density at radius 1 is 1.21 bits per heavy atom. The number of nitrogens with one attached hydrogen (secondary N) is 1.